The Morgan fingerprint density at radius 3 is 2.52 bits per heavy atom. The van der Waals surface area contributed by atoms with E-state index in [1.807, 2.05) is 38.4 Å². The van der Waals surface area contributed by atoms with Crippen LogP contribution in [0.5, 0.6) is 5.75 Å². The Kier molecular flexibility index (Phi) is 7.79. The summed E-state index contributed by atoms with van der Waals surface area (Å²) in [5.74, 6) is 0.0427. The second-order valence-corrected chi connectivity index (χ2v) is 5.46. The fourth-order valence-electron chi connectivity index (χ4n) is 2.17. The first kappa shape index (κ1) is 17.5. The number of carboxylic acids is 1. The minimum absolute atomic E-state index is 0.0435. The Bertz CT molecular complexity index is 418. The second-order valence-electron chi connectivity index (χ2n) is 5.46. The van der Waals surface area contributed by atoms with Gasteiger partial charge in [-0.25, -0.2) is 0 Å². The maximum atomic E-state index is 11.0. The Morgan fingerprint density at radius 1 is 1.33 bits per heavy atom. The van der Waals surface area contributed by atoms with Crippen molar-refractivity contribution >= 4 is 5.97 Å². The third-order valence-electron chi connectivity index (χ3n) is 3.28. The standard InChI is InChI=1S/C16H26N2O3/c1-18(2)10-4-9-17-14(12-16(19)20)11-13-5-7-15(21-3)8-6-13/h5-8,14,17H,4,9-12H2,1-3H3,(H,19,20). The lowest BCUT2D eigenvalue weighted by molar-refractivity contribution is -0.137. The van der Waals surface area contributed by atoms with Gasteiger partial charge in [0.2, 0.25) is 0 Å². The molecule has 21 heavy (non-hydrogen) atoms. The third kappa shape index (κ3) is 7.68. The first-order chi connectivity index (χ1) is 10.0. The van der Waals surface area contributed by atoms with Gasteiger partial charge in [-0.3, -0.25) is 4.79 Å². The molecule has 1 rings (SSSR count). The summed E-state index contributed by atoms with van der Waals surface area (Å²) in [5, 5.41) is 12.4. The summed E-state index contributed by atoms with van der Waals surface area (Å²) in [7, 11) is 5.70. The summed E-state index contributed by atoms with van der Waals surface area (Å²) in [5.41, 5.74) is 1.11. The van der Waals surface area contributed by atoms with Gasteiger partial charge in [-0.05, 0) is 57.7 Å². The average Bonchev–Trinajstić information content (AvgIpc) is 2.43. The van der Waals surface area contributed by atoms with Gasteiger partial charge in [0.05, 0.1) is 13.5 Å². The van der Waals surface area contributed by atoms with Crippen LogP contribution in [0, 0.1) is 0 Å². The molecular formula is C16H26N2O3. The molecule has 1 unspecified atom stereocenters. The van der Waals surface area contributed by atoms with Gasteiger partial charge < -0.3 is 20.1 Å². The molecule has 0 amide bonds. The molecule has 0 heterocycles. The molecule has 0 spiro atoms. The van der Waals surface area contributed by atoms with Crippen molar-refractivity contribution in [3.63, 3.8) is 0 Å². The van der Waals surface area contributed by atoms with E-state index in [2.05, 4.69) is 10.2 Å². The molecule has 2 N–H and O–H groups in total. The van der Waals surface area contributed by atoms with Crippen molar-refractivity contribution in [3.05, 3.63) is 29.8 Å². The van der Waals surface area contributed by atoms with E-state index in [0.29, 0.717) is 6.42 Å². The van der Waals surface area contributed by atoms with Gasteiger partial charge in [-0.15, -0.1) is 0 Å². The maximum Gasteiger partial charge on any atom is 0.304 e. The Hall–Kier alpha value is -1.59. The molecule has 5 nitrogen and oxygen atoms in total. The highest BCUT2D eigenvalue weighted by molar-refractivity contribution is 5.67. The molecule has 0 bridgehead atoms. The lowest BCUT2D eigenvalue weighted by Crippen LogP contribution is -2.35. The summed E-state index contributed by atoms with van der Waals surface area (Å²) in [6.07, 6.45) is 1.85. The van der Waals surface area contributed by atoms with Crippen LogP contribution in [0.4, 0.5) is 0 Å². The van der Waals surface area contributed by atoms with Crippen LogP contribution >= 0.6 is 0 Å². The van der Waals surface area contributed by atoms with Gasteiger partial charge in [0.15, 0.2) is 0 Å². The first-order valence-corrected chi connectivity index (χ1v) is 7.24. The van der Waals surface area contributed by atoms with E-state index in [9.17, 15) is 4.79 Å². The number of nitrogens with one attached hydrogen (secondary N) is 1. The maximum absolute atomic E-state index is 11.0. The Balaban J connectivity index is 2.49. The Labute approximate surface area is 126 Å². The van der Waals surface area contributed by atoms with E-state index in [1.54, 1.807) is 7.11 Å². The molecule has 0 saturated carbocycles. The highest BCUT2D eigenvalue weighted by Crippen LogP contribution is 2.13. The van der Waals surface area contributed by atoms with E-state index in [0.717, 1.165) is 30.8 Å². The number of hydrogen-bond donors (Lipinski definition) is 2. The topological polar surface area (TPSA) is 61.8 Å². The van der Waals surface area contributed by atoms with Crippen LogP contribution in [-0.2, 0) is 11.2 Å². The minimum atomic E-state index is -0.770. The van der Waals surface area contributed by atoms with Crippen LogP contribution in [0.15, 0.2) is 24.3 Å². The predicted molar refractivity (Wildman–Crippen MR) is 83.9 cm³/mol. The van der Waals surface area contributed by atoms with Crippen molar-refractivity contribution in [2.45, 2.75) is 25.3 Å². The molecule has 1 aromatic carbocycles. The van der Waals surface area contributed by atoms with Gasteiger partial charge in [-0.1, -0.05) is 12.1 Å². The van der Waals surface area contributed by atoms with E-state index in [-0.39, 0.29) is 12.5 Å². The van der Waals surface area contributed by atoms with Gasteiger partial charge in [0.1, 0.15) is 5.75 Å². The molecule has 0 radical (unpaired) electrons. The molecule has 0 aliphatic rings. The number of ether oxygens (including phenoxy) is 1. The molecule has 118 valence electrons. The van der Waals surface area contributed by atoms with Gasteiger partial charge in [0.25, 0.3) is 0 Å². The molecule has 1 atom stereocenters. The van der Waals surface area contributed by atoms with Crippen LogP contribution < -0.4 is 10.1 Å². The van der Waals surface area contributed by atoms with Crippen LogP contribution in [0.3, 0.4) is 0 Å². The molecule has 0 fully saturated rings. The molecule has 0 aliphatic carbocycles. The monoisotopic (exact) mass is 294 g/mol. The molecule has 0 saturated heterocycles. The summed E-state index contributed by atoms with van der Waals surface area (Å²) in [6, 6.07) is 7.72. The highest BCUT2D eigenvalue weighted by Gasteiger charge is 2.13. The second kappa shape index (κ2) is 9.37. The number of hydrogen-bond acceptors (Lipinski definition) is 4. The van der Waals surface area contributed by atoms with Crippen LogP contribution in [0.2, 0.25) is 0 Å². The van der Waals surface area contributed by atoms with Crippen molar-refractivity contribution < 1.29 is 14.6 Å². The number of methoxy groups -OCH3 is 1. The van der Waals surface area contributed by atoms with E-state index >= 15 is 0 Å². The molecule has 0 aromatic heterocycles. The lowest BCUT2D eigenvalue weighted by atomic mass is 10.0. The molecule has 1 aromatic rings. The Morgan fingerprint density at radius 2 is 2.00 bits per heavy atom. The quantitative estimate of drug-likeness (QED) is 0.642. The van der Waals surface area contributed by atoms with E-state index in [1.165, 1.54) is 0 Å². The molecular weight excluding hydrogens is 268 g/mol. The third-order valence-corrected chi connectivity index (χ3v) is 3.28. The summed E-state index contributed by atoms with van der Waals surface area (Å²) in [6.45, 7) is 1.82. The number of benzene rings is 1. The van der Waals surface area contributed by atoms with E-state index in [4.69, 9.17) is 9.84 Å². The van der Waals surface area contributed by atoms with Crippen LogP contribution in [0.25, 0.3) is 0 Å². The lowest BCUT2D eigenvalue weighted by Gasteiger charge is -2.18. The van der Waals surface area contributed by atoms with Gasteiger partial charge >= 0.3 is 5.97 Å². The fraction of sp³-hybridized carbons (Fsp3) is 0.562. The van der Waals surface area contributed by atoms with Crippen molar-refractivity contribution in [3.8, 4) is 5.75 Å². The van der Waals surface area contributed by atoms with Crippen molar-refractivity contribution in [1.29, 1.82) is 0 Å². The zero-order chi connectivity index (χ0) is 15.7. The molecule has 0 aliphatic heterocycles. The number of carboxylic acid groups (broad SMARTS) is 1. The highest BCUT2D eigenvalue weighted by atomic mass is 16.5. The zero-order valence-corrected chi connectivity index (χ0v) is 13.1. The number of aliphatic carboxylic acids is 1. The van der Waals surface area contributed by atoms with Crippen LogP contribution in [0.1, 0.15) is 18.4 Å². The largest absolute Gasteiger partial charge is 0.497 e. The number of carbonyl (C=O) groups is 1. The van der Waals surface area contributed by atoms with Crippen molar-refractivity contribution in [2.75, 3.05) is 34.3 Å². The minimum Gasteiger partial charge on any atom is -0.497 e. The predicted octanol–water partition coefficient (Wildman–Crippen LogP) is 1.62. The summed E-state index contributed by atoms with van der Waals surface area (Å²) < 4.78 is 5.13. The van der Waals surface area contributed by atoms with Gasteiger partial charge in [0, 0.05) is 6.04 Å². The summed E-state index contributed by atoms with van der Waals surface area (Å²) in [4.78, 5) is 13.1. The first-order valence-electron chi connectivity index (χ1n) is 7.24. The zero-order valence-electron chi connectivity index (χ0n) is 13.1. The fourth-order valence-corrected chi connectivity index (χ4v) is 2.17. The number of rotatable bonds is 10. The average molecular weight is 294 g/mol. The normalized spacial score (nSPS) is 12.4. The van der Waals surface area contributed by atoms with Crippen molar-refractivity contribution in [2.24, 2.45) is 0 Å². The van der Waals surface area contributed by atoms with E-state index < -0.39 is 5.97 Å². The number of nitrogens with zero attached hydrogens (tertiary/aromatic N) is 1. The molecule has 5 heteroatoms. The SMILES string of the molecule is COc1ccc(CC(CC(=O)O)NCCCN(C)C)cc1. The van der Waals surface area contributed by atoms with Gasteiger partial charge in [-0.2, -0.15) is 0 Å². The smallest absolute Gasteiger partial charge is 0.304 e. The van der Waals surface area contributed by atoms with Crippen molar-refractivity contribution in [1.82, 2.24) is 10.2 Å². The summed E-state index contributed by atoms with van der Waals surface area (Å²) >= 11 is 0. The van der Waals surface area contributed by atoms with Crippen LogP contribution in [-0.4, -0.2) is 56.3 Å².